The molecule has 1 aliphatic rings. The Labute approximate surface area is 173 Å². The number of piperidine rings is 1. The zero-order valence-corrected chi connectivity index (χ0v) is 16.9. The average molecular weight is 413 g/mol. The highest BCUT2D eigenvalue weighted by Gasteiger charge is 2.25. The van der Waals surface area contributed by atoms with Gasteiger partial charge in [0.2, 0.25) is 11.0 Å². The summed E-state index contributed by atoms with van der Waals surface area (Å²) >= 11 is 7.35. The molecule has 5 nitrogen and oxygen atoms in total. The standard InChI is InChI=1S/C21H21ClN4OS/c22-18-8-6-15(7-9-18)14-26-12-10-16(11-13-26)19(27)23-21-25-24-20(28-21)17-4-2-1-3-5-17/h1-9,16H,10-14H2,(H,23,25,27). The topological polar surface area (TPSA) is 58.1 Å². The number of halogens is 1. The normalized spacial score (nSPS) is 15.5. The van der Waals surface area contributed by atoms with Gasteiger partial charge in [-0.25, -0.2) is 0 Å². The fourth-order valence-electron chi connectivity index (χ4n) is 3.38. The van der Waals surface area contributed by atoms with E-state index < -0.39 is 0 Å². The van der Waals surface area contributed by atoms with E-state index in [4.69, 9.17) is 11.6 Å². The number of amides is 1. The van der Waals surface area contributed by atoms with Crippen molar-refractivity contribution in [2.45, 2.75) is 19.4 Å². The fourth-order valence-corrected chi connectivity index (χ4v) is 4.26. The van der Waals surface area contributed by atoms with Crippen molar-refractivity contribution in [2.24, 2.45) is 5.92 Å². The average Bonchev–Trinajstić information content (AvgIpc) is 3.19. The minimum atomic E-state index is 0.0190. The van der Waals surface area contributed by atoms with Crippen molar-refractivity contribution in [3.05, 3.63) is 65.2 Å². The van der Waals surface area contributed by atoms with Crippen LogP contribution in [0.2, 0.25) is 5.02 Å². The summed E-state index contributed by atoms with van der Waals surface area (Å²) < 4.78 is 0. The van der Waals surface area contributed by atoms with E-state index in [0.717, 1.165) is 48.1 Å². The Morgan fingerprint density at radius 1 is 1.07 bits per heavy atom. The van der Waals surface area contributed by atoms with Gasteiger partial charge in [0, 0.05) is 23.0 Å². The zero-order valence-electron chi connectivity index (χ0n) is 15.3. The molecule has 0 bridgehead atoms. The SMILES string of the molecule is O=C(Nc1nnc(-c2ccccc2)s1)C1CCN(Cc2ccc(Cl)cc2)CC1. The van der Waals surface area contributed by atoms with E-state index in [1.54, 1.807) is 0 Å². The molecule has 1 saturated heterocycles. The third-order valence-corrected chi connectivity index (χ3v) is 6.09. The van der Waals surface area contributed by atoms with Gasteiger partial charge in [-0.15, -0.1) is 10.2 Å². The number of hydrogen-bond acceptors (Lipinski definition) is 5. The predicted octanol–water partition coefficient (Wildman–Crippen LogP) is 4.71. The molecule has 28 heavy (non-hydrogen) atoms. The van der Waals surface area contributed by atoms with Crippen LogP contribution in [0.5, 0.6) is 0 Å². The molecular weight excluding hydrogens is 392 g/mol. The maximum absolute atomic E-state index is 12.6. The van der Waals surface area contributed by atoms with Crippen LogP contribution in [0.1, 0.15) is 18.4 Å². The van der Waals surface area contributed by atoms with Crippen LogP contribution < -0.4 is 5.32 Å². The number of aromatic nitrogens is 2. The molecule has 0 saturated carbocycles. The van der Waals surface area contributed by atoms with Gasteiger partial charge in [0.1, 0.15) is 5.01 Å². The molecule has 144 valence electrons. The van der Waals surface area contributed by atoms with Gasteiger partial charge >= 0.3 is 0 Å². The predicted molar refractivity (Wildman–Crippen MR) is 113 cm³/mol. The molecule has 1 aromatic heterocycles. The molecule has 0 aliphatic carbocycles. The number of rotatable bonds is 5. The van der Waals surface area contributed by atoms with Crippen LogP contribution in [0.15, 0.2) is 54.6 Å². The molecule has 0 radical (unpaired) electrons. The van der Waals surface area contributed by atoms with E-state index in [9.17, 15) is 4.79 Å². The molecule has 4 rings (SSSR count). The lowest BCUT2D eigenvalue weighted by Gasteiger charge is -2.31. The largest absolute Gasteiger partial charge is 0.300 e. The first kappa shape index (κ1) is 19.1. The molecule has 0 atom stereocenters. The van der Waals surface area contributed by atoms with Crippen LogP contribution in [0.4, 0.5) is 5.13 Å². The first-order valence-electron chi connectivity index (χ1n) is 9.34. The Morgan fingerprint density at radius 2 is 1.79 bits per heavy atom. The molecule has 3 aromatic rings. The number of carbonyl (C=O) groups excluding carboxylic acids is 1. The monoisotopic (exact) mass is 412 g/mol. The first-order valence-corrected chi connectivity index (χ1v) is 10.5. The van der Waals surface area contributed by atoms with Crippen LogP contribution in [0, 0.1) is 5.92 Å². The van der Waals surface area contributed by atoms with Gasteiger partial charge in [-0.2, -0.15) is 0 Å². The van der Waals surface area contributed by atoms with Crippen molar-refractivity contribution in [3.63, 3.8) is 0 Å². The Bertz CT molecular complexity index is 921. The van der Waals surface area contributed by atoms with E-state index in [-0.39, 0.29) is 11.8 Å². The lowest BCUT2D eigenvalue weighted by molar-refractivity contribution is -0.121. The summed E-state index contributed by atoms with van der Waals surface area (Å²) in [7, 11) is 0. The second-order valence-corrected chi connectivity index (χ2v) is 8.36. The molecule has 1 aliphatic heterocycles. The van der Waals surface area contributed by atoms with Crippen LogP contribution in [0.3, 0.4) is 0 Å². The van der Waals surface area contributed by atoms with Crippen molar-refractivity contribution in [2.75, 3.05) is 18.4 Å². The molecule has 7 heteroatoms. The van der Waals surface area contributed by atoms with Gasteiger partial charge in [-0.05, 0) is 43.6 Å². The van der Waals surface area contributed by atoms with Crippen molar-refractivity contribution in [1.82, 2.24) is 15.1 Å². The number of anilines is 1. The van der Waals surface area contributed by atoms with Gasteiger partial charge in [-0.1, -0.05) is 65.4 Å². The van der Waals surface area contributed by atoms with E-state index in [0.29, 0.717) is 5.13 Å². The quantitative estimate of drug-likeness (QED) is 0.659. The van der Waals surface area contributed by atoms with Crippen molar-refractivity contribution < 1.29 is 4.79 Å². The number of carbonyl (C=O) groups is 1. The molecule has 0 unspecified atom stereocenters. The number of benzene rings is 2. The summed E-state index contributed by atoms with van der Waals surface area (Å²) in [5.41, 5.74) is 2.26. The lowest BCUT2D eigenvalue weighted by Crippen LogP contribution is -2.37. The summed E-state index contributed by atoms with van der Waals surface area (Å²) in [6.45, 7) is 2.71. The Hall–Kier alpha value is -2.28. The molecule has 0 spiro atoms. The molecule has 2 heterocycles. The number of likely N-dealkylation sites (tertiary alicyclic amines) is 1. The summed E-state index contributed by atoms with van der Waals surface area (Å²) in [5, 5.41) is 13.4. The molecule has 1 fully saturated rings. The second-order valence-electron chi connectivity index (χ2n) is 6.94. The minimum Gasteiger partial charge on any atom is -0.300 e. The van der Waals surface area contributed by atoms with Crippen molar-refractivity contribution in [1.29, 1.82) is 0 Å². The van der Waals surface area contributed by atoms with Crippen LogP contribution in [-0.4, -0.2) is 34.1 Å². The van der Waals surface area contributed by atoms with Crippen molar-refractivity contribution in [3.8, 4) is 10.6 Å². The molecular formula is C21H21ClN4OS. The van der Waals surface area contributed by atoms with E-state index in [1.807, 2.05) is 42.5 Å². The van der Waals surface area contributed by atoms with Gasteiger partial charge in [0.05, 0.1) is 0 Å². The van der Waals surface area contributed by atoms with Gasteiger partial charge in [0.25, 0.3) is 0 Å². The third kappa shape index (κ3) is 4.76. The number of hydrogen-bond donors (Lipinski definition) is 1. The number of nitrogens with one attached hydrogen (secondary N) is 1. The zero-order chi connectivity index (χ0) is 19.3. The maximum Gasteiger partial charge on any atom is 0.229 e. The van der Waals surface area contributed by atoms with Crippen molar-refractivity contribution >= 4 is 34.0 Å². The summed E-state index contributed by atoms with van der Waals surface area (Å²) in [5.74, 6) is 0.0625. The minimum absolute atomic E-state index is 0.0190. The van der Waals surface area contributed by atoms with Gasteiger partial charge < -0.3 is 5.32 Å². The molecule has 1 N–H and O–H groups in total. The number of nitrogens with zero attached hydrogens (tertiary/aromatic N) is 3. The van der Waals surface area contributed by atoms with Gasteiger partial charge in [-0.3, -0.25) is 9.69 Å². The highest BCUT2D eigenvalue weighted by Crippen LogP contribution is 2.27. The smallest absolute Gasteiger partial charge is 0.229 e. The van der Waals surface area contributed by atoms with Crippen LogP contribution in [-0.2, 0) is 11.3 Å². The maximum atomic E-state index is 12.6. The Balaban J connectivity index is 1.28. The van der Waals surface area contributed by atoms with Crippen LogP contribution >= 0.6 is 22.9 Å². The Morgan fingerprint density at radius 3 is 2.50 bits per heavy atom. The van der Waals surface area contributed by atoms with E-state index in [1.165, 1.54) is 16.9 Å². The van der Waals surface area contributed by atoms with Crippen LogP contribution in [0.25, 0.3) is 10.6 Å². The highest BCUT2D eigenvalue weighted by atomic mass is 35.5. The lowest BCUT2D eigenvalue weighted by atomic mass is 9.95. The second kappa shape index (κ2) is 8.82. The fraction of sp³-hybridized carbons (Fsp3) is 0.286. The summed E-state index contributed by atoms with van der Waals surface area (Å²) in [6.07, 6.45) is 1.70. The third-order valence-electron chi connectivity index (χ3n) is 4.95. The molecule has 1 amide bonds. The van der Waals surface area contributed by atoms with Gasteiger partial charge in [0.15, 0.2) is 0 Å². The highest BCUT2D eigenvalue weighted by molar-refractivity contribution is 7.18. The first-order chi connectivity index (χ1) is 13.7. The Kier molecular flexibility index (Phi) is 6.00. The van der Waals surface area contributed by atoms with E-state index >= 15 is 0 Å². The summed E-state index contributed by atoms with van der Waals surface area (Å²) in [4.78, 5) is 15.0. The summed E-state index contributed by atoms with van der Waals surface area (Å²) in [6, 6.07) is 17.8. The van der Waals surface area contributed by atoms with E-state index in [2.05, 4.69) is 32.5 Å². The molecule has 2 aromatic carbocycles.